The van der Waals surface area contributed by atoms with Gasteiger partial charge in [0.05, 0.1) is 7.11 Å². The molecule has 1 saturated heterocycles. The van der Waals surface area contributed by atoms with Gasteiger partial charge in [-0.1, -0.05) is 30.3 Å². The molecule has 32 heavy (non-hydrogen) atoms. The highest BCUT2D eigenvalue weighted by molar-refractivity contribution is 5.82. The molecule has 1 fully saturated rings. The van der Waals surface area contributed by atoms with Crippen LogP contribution in [-0.4, -0.2) is 26.2 Å². The second-order valence-corrected chi connectivity index (χ2v) is 8.47. The molecule has 4 nitrogen and oxygen atoms in total. The first-order valence-corrected chi connectivity index (χ1v) is 11.3. The predicted octanol–water partition coefficient (Wildman–Crippen LogP) is 5.41. The van der Waals surface area contributed by atoms with E-state index in [0.29, 0.717) is 17.4 Å². The Hall–Kier alpha value is -2.89. The van der Waals surface area contributed by atoms with Crippen molar-refractivity contribution in [3.63, 3.8) is 0 Å². The van der Waals surface area contributed by atoms with Crippen molar-refractivity contribution >= 4 is 5.69 Å². The zero-order chi connectivity index (χ0) is 22.7. The van der Waals surface area contributed by atoms with Gasteiger partial charge >= 0.3 is 0 Å². The monoisotopic (exact) mass is 433 g/mol. The molecule has 0 aromatic heterocycles. The molecular weight excluding hydrogens is 401 g/mol. The summed E-state index contributed by atoms with van der Waals surface area (Å²) in [6, 6.07) is 16.5. The van der Waals surface area contributed by atoms with Crippen LogP contribution in [0.15, 0.2) is 48.5 Å². The number of benzene rings is 3. The molecule has 0 radical (unpaired) electrons. The van der Waals surface area contributed by atoms with E-state index in [1.54, 1.807) is 13.2 Å². The van der Waals surface area contributed by atoms with Gasteiger partial charge in [0.1, 0.15) is 11.6 Å². The zero-order valence-electron chi connectivity index (χ0n) is 19.1. The average molecular weight is 434 g/mol. The summed E-state index contributed by atoms with van der Waals surface area (Å²) < 4.78 is 20.1. The maximum absolute atomic E-state index is 14.7. The quantitative estimate of drug-likeness (QED) is 0.487. The number of piperidine rings is 1. The summed E-state index contributed by atoms with van der Waals surface area (Å²) in [5.41, 5.74) is 13.7. The van der Waals surface area contributed by atoms with Crippen molar-refractivity contribution in [1.29, 1.82) is 0 Å². The van der Waals surface area contributed by atoms with Crippen LogP contribution in [-0.2, 0) is 6.54 Å². The van der Waals surface area contributed by atoms with Gasteiger partial charge in [0.2, 0.25) is 0 Å². The molecule has 1 aliphatic rings. The number of nitrogens with two attached hydrogens (primary N) is 1. The molecule has 1 aliphatic heterocycles. The van der Waals surface area contributed by atoms with E-state index in [-0.39, 0.29) is 12.4 Å². The van der Waals surface area contributed by atoms with Crippen LogP contribution in [0.3, 0.4) is 0 Å². The number of hydrogen-bond donors (Lipinski definition) is 3. The van der Waals surface area contributed by atoms with Crippen molar-refractivity contribution in [2.75, 3.05) is 25.5 Å². The average Bonchev–Trinajstić information content (AvgIpc) is 2.81. The minimum absolute atomic E-state index is 0.102. The highest BCUT2D eigenvalue weighted by Gasteiger charge is 2.17. The maximum atomic E-state index is 14.7. The van der Waals surface area contributed by atoms with Crippen LogP contribution in [0.1, 0.15) is 29.5 Å². The fourth-order valence-corrected chi connectivity index (χ4v) is 4.66. The van der Waals surface area contributed by atoms with Gasteiger partial charge in [0.25, 0.3) is 0 Å². The van der Waals surface area contributed by atoms with Crippen molar-refractivity contribution in [2.24, 2.45) is 5.73 Å². The first-order valence-electron chi connectivity index (χ1n) is 11.3. The van der Waals surface area contributed by atoms with E-state index in [4.69, 9.17) is 10.5 Å². The summed E-state index contributed by atoms with van der Waals surface area (Å²) in [6.07, 6.45) is 2.26. The SMILES string of the molecule is COc1cc(-c2cccc(-c3cccc(NC4CCNCC4)c3C)c2C)cc(F)c1CN. The first kappa shape index (κ1) is 22.3. The molecule has 4 rings (SSSR count). The third-order valence-electron chi connectivity index (χ3n) is 6.55. The molecule has 168 valence electrons. The van der Waals surface area contributed by atoms with Crippen LogP contribution in [0, 0.1) is 19.7 Å². The molecule has 4 N–H and O–H groups in total. The van der Waals surface area contributed by atoms with Crippen molar-refractivity contribution in [1.82, 2.24) is 5.32 Å². The summed E-state index contributed by atoms with van der Waals surface area (Å²) in [7, 11) is 1.55. The van der Waals surface area contributed by atoms with E-state index in [0.717, 1.165) is 48.2 Å². The van der Waals surface area contributed by atoms with Crippen LogP contribution in [0.2, 0.25) is 0 Å². The number of nitrogens with one attached hydrogen (secondary N) is 2. The molecule has 3 aromatic rings. The Morgan fingerprint density at radius 3 is 2.34 bits per heavy atom. The fourth-order valence-electron chi connectivity index (χ4n) is 4.66. The van der Waals surface area contributed by atoms with E-state index >= 15 is 0 Å². The standard InChI is InChI=1S/C27H32FN3O/c1-17-21(19-14-25(28)24(16-29)27(15-19)32-3)6-4-7-22(17)23-8-5-9-26(18(23)2)31-20-10-12-30-13-11-20/h4-9,14-15,20,30-31H,10-13,16,29H2,1-3H3. The zero-order valence-corrected chi connectivity index (χ0v) is 19.1. The molecule has 0 atom stereocenters. The molecule has 0 bridgehead atoms. The Morgan fingerprint density at radius 2 is 1.66 bits per heavy atom. The van der Waals surface area contributed by atoms with Crippen molar-refractivity contribution in [3.05, 3.63) is 71.0 Å². The number of hydrogen-bond acceptors (Lipinski definition) is 4. The normalized spacial score (nSPS) is 14.4. The van der Waals surface area contributed by atoms with E-state index in [2.05, 4.69) is 48.7 Å². The molecule has 0 spiro atoms. The highest BCUT2D eigenvalue weighted by atomic mass is 19.1. The Morgan fingerprint density at radius 1 is 1.00 bits per heavy atom. The smallest absolute Gasteiger partial charge is 0.132 e. The number of anilines is 1. The lowest BCUT2D eigenvalue weighted by Gasteiger charge is -2.26. The van der Waals surface area contributed by atoms with Gasteiger partial charge in [0, 0.05) is 23.8 Å². The Bertz CT molecular complexity index is 1110. The molecule has 5 heteroatoms. The predicted molar refractivity (Wildman–Crippen MR) is 131 cm³/mol. The van der Waals surface area contributed by atoms with E-state index in [1.807, 2.05) is 18.2 Å². The maximum Gasteiger partial charge on any atom is 0.132 e. The molecule has 0 amide bonds. The summed E-state index contributed by atoms with van der Waals surface area (Å²) in [4.78, 5) is 0. The van der Waals surface area contributed by atoms with Crippen LogP contribution < -0.4 is 21.1 Å². The molecular formula is C27H32FN3O. The van der Waals surface area contributed by atoms with Crippen LogP contribution in [0.25, 0.3) is 22.3 Å². The second-order valence-electron chi connectivity index (χ2n) is 8.47. The van der Waals surface area contributed by atoms with Crippen molar-refractivity contribution in [2.45, 2.75) is 39.3 Å². The summed E-state index contributed by atoms with van der Waals surface area (Å²) in [5, 5.41) is 7.16. The largest absolute Gasteiger partial charge is 0.496 e. The number of ether oxygens (including phenoxy) is 1. The molecule has 0 aliphatic carbocycles. The van der Waals surface area contributed by atoms with Crippen molar-refractivity contribution in [3.8, 4) is 28.0 Å². The van der Waals surface area contributed by atoms with Gasteiger partial charge in [-0.3, -0.25) is 0 Å². The lowest BCUT2D eigenvalue weighted by atomic mass is 9.90. The minimum atomic E-state index is -0.337. The highest BCUT2D eigenvalue weighted by Crippen LogP contribution is 2.37. The summed E-state index contributed by atoms with van der Waals surface area (Å²) in [6.45, 7) is 6.48. The Labute approximate surface area is 190 Å². The van der Waals surface area contributed by atoms with E-state index < -0.39 is 0 Å². The van der Waals surface area contributed by atoms with Gasteiger partial charge in [-0.25, -0.2) is 4.39 Å². The molecule has 3 aromatic carbocycles. The Balaban J connectivity index is 1.74. The van der Waals surface area contributed by atoms with Gasteiger partial charge in [0.15, 0.2) is 0 Å². The third-order valence-corrected chi connectivity index (χ3v) is 6.55. The van der Waals surface area contributed by atoms with Crippen molar-refractivity contribution < 1.29 is 9.13 Å². The first-order chi connectivity index (χ1) is 15.5. The Kier molecular flexibility index (Phi) is 6.77. The minimum Gasteiger partial charge on any atom is -0.496 e. The van der Waals surface area contributed by atoms with Crippen LogP contribution in [0.5, 0.6) is 5.75 Å². The lowest BCUT2D eigenvalue weighted by molar-refractivity contribution is 0.405. The lowest BCUT2D eigenvalue weighted by Crippen LogP contribution is -2.35. The third kappa shape index (κ3) is 4.36. The molecule has 1 heterocycles. The van der Waals surface area contributed by atoms with Crippen LogP contribution >= 0.6 is 0 Å². The number of rotatable bonds is 6. The fraction of sp³-hybridized carbons (Fsp3) is 0.333. The van der Waals surface area contributed by atoms with Gasteiger partial charge in [-0.2, -0.15) is 0 Å². The number of halogens is 1. The summed E-state index contributed by atoms with van der Waals surface area (Å²) in [5.74, 6) is 0.146. The molecule has 0 unspecified atom stereocenters. The summed E-state index contributed by atoms with van der Waals surface area (Å²) >= 11 is 0. The van der Waals surface area contributed by atoms with Gasteiger partial charge in [-0.15, -0.1) is 0 Å². The molecule has 0 saturated carbocycles. The van der Waals surface area contributed by atoms with E-state index in [9.17, 15) is 4.39 Å². The number of methoxy groups -OCH3 is 1. The topological polar surface area (TPSA) is 59.3 Å². The van der Waals surface area contributed by atoms with Gasteiger partial charge in [-0.05, 0) is 91.4 Å². The van der Waals surface area contributed by atoms with E-state index in [1.165, 1.54) is 16.8 Å². The van der Waals surface area contributed by atoms with Crippen LogP contribution in [0.4, 0.5) is 10.1 Å². The second kappa shape index (κ2) is 9.72. The van der Waals surface area contributed by atoms with Gasteiger partial charge < -0.3 is 21.1 Å².